The van der Waals surface area contributed by atoms with Gasteiger partial charge in [-0.3, -0.25) is 14.5 Å². The van der Waals surface area contributed by atoms with Crippen LogP contribution in [-0.4, -0.2) is 11.7 Å². The Kier molecular flexibility index (Phi) is 5.61. The van der Waals surface area contributed by atoms with Crippen molar-refractivity contribution in [2.75, 3.05) is 10.2 Å². The highest BCUT2D eigenvalue weighted by Gasteiger charge is 2.44. The number of anilines is 2. The van der Waals surface area contributed by atoms with Gasteiger partial charge in [0.2, 0.25) is 5.91 Å². The maximum atomic E-state index is 14.0. The van der Waals surface area contributed by atoms with Crippen LogP contribution in [0.15, 0.2) is 76.4 Å². The van der Waals surface area contributed by atoms with Crippen LogP contribution in [0.3, 0.4) is 0 Å². The summed E-state index contributed by atoms with van der Waals surface area (Å²) < 4.78 is 6.06. The van der Waals surface area contributed by atoms with Crippen molar-refractivity contribution in [2.45, 2.75) is 46.1 Å². The molecule has 0 saturated heterocycles. The fourth-order valence-electron chi connectivity index (χ4n) is 4.99. The van der Waals surface area contributed by atoms with Gasteiger partial charge in [-0.25, -0.2) is 0 Å². The summed E-state index contributed by atoms with van der Waals surface area (Å²) in [4.78, 5) is 29.3. The first-order valence-electron chi connectivity index (χ1n) is 11.5. The van der Waals surface area contributed by atoms with E-state index in [1.165, 1.54) is 0 Å². The van der Waals surface area contributed by atoms with Gasteiger partial charge in [-0.05, 0) is 60.7 Å². The lowest BCUT2D eigenvalue weighted by atomic mass is 9.74. The Morgan fingerprint density at radius 2 is 1.82 bits per heavy atom. The molecule has 5 nitrogen and oxygen atoms in total. The number of allylic oxidation sites excluding steroid dienone is 1. The van der Waals surface area contributed by atoms with Crippen LogP contribution in [0.5, 0.6) is 0 Å². The molecule has 34 heavy (non-hydrogen) atoms. The molecule has 0 bridgehead atoms. The quantitative estimate of drug-likeness (QED) is 0.463. The number of amides is 1. The van der Waals surface area contributed by atoms with Crippen molar-refractivity contribution in [3.63, 3.8) is 0 Å². The Bertz CT molecular complexity index is 1300. The van der Waals surface area contributed by atoms with Crippen LogP contribution < -0.4 is 10.2 Å². The van der Waals surface area contributed by atoms with Gasteiger partial charge in [-0.15, -0.1) is 0 Å². The van der Waals surface area contributed by atoms with Gasteiger partial charge >= 0.3 is 0 Å². The van der Waals surface area contributed by atoms with Gasteiger partial charge in [0.25, 0.3) is 0 Å². The molecule has 1 atom stereocenters. The molecule has 6 heteroatoms. The zero-order valence-corrected chi connectivity index (χ0v) is 20.3. The van der Waals surface area contributed by atoms with E-state index < -0.39 is 6.04 Å². The largest absolute Gasteiger partial charge is 0.464 e. The van der Waals surface area contributed by atoms with E-state index >= 15 is 0 Å². The predicted octanol–water partition coefficient (Wildman–Crippen LogP) is 6.63. The molecule has 1 N–H and O–H groups in total. The zero-order chi connectivity index (χ0) is 24.0. The number of rotatable bonds is 3. The molecule has 1 aliphatic heterocycles. The number of hydrogen-bond donors (Lipinski definition) is 1. The number of aryl methyl sites for hydroxylation is 1. The number of Topliss-reactive ketones (excluding diaryl/α,β-unsaturated/α-hetero) is 1. The molecule has 0 fully saturated rings. The number of hydrogen-bond acceptors (Lipinski definition) is 4. The number of furan rings is 1. The highest BCUT2D eigenvalue weighted by atomic mass is 35.5. The minimum Gasteiger partial charge on any atom is -0.464 e. The van der Waals surface area contributed by atoms with Crippen LogP contribution in [0.1, 0.15) is 49.8 Å². The van der Waals surface area contributed by atoms with Gasteiger partial charge in [-0.1, -0.05) is 49.7 Å². The molecule has 5 rings (SSSR count). The van der Waals surface area contributed by atoms with Crippen LogP contribution in [0.4, 0.5) is 11.4 Å². The van der Waals surface area contributed by atoms with Crippen molar-refractivity contribution in [3.05, 3.63) is 94.0 Å². The Balaban J connectivity index is 1.69. The van der Waals surface area contributed by atoms with E-state index in [1.807, 2.05) is 55.5 Å². The van der Waals surface area contributed by atoms with Gasteiger partial charge < -0.3 is 9.73 Å². The lowest BCUT2D eigenvalue weighted by Gasteiger charge is -2.36. The minimum absolute atomic E-state index is 0.0369. The van der Waals surface area contributed by atoms with Crippen LogP contribution in [0, 0.1) is 12.3 Å². The second kappa shape index (κ2) is 8.48. The van der Waals surface area contributed by atoms with E-state index in [2.05, 4.69) is 19.2 Å². The van der Waals surface area contributed by atoms with Gasteiger partial charge in [0.1, 0.15) is 17.6 Å². The molecule has 0 saturated carbocycles. The summed E-state index contributed by atoms with van der Waals surface area (Å²) in [5.74, 6) is 1.23. The lowest BCUT2D eigenvalue weighted by Crippen LogP contribution is -2.40. The smallest absolute Gasteiger partial charge is 0.232 e. The number of carbonyl (C=O) groups excluding carboxylic acids is 2. The molecule has 1 aliphatic carbocycles. The predicted molar refractivity (Wildman–Crippen MR) is 134 cm³/mol. The summed E-state index contributed by atoms with van der Waals surface area (Å²) in [6, 6.07) is 18.1. The summed E-state index contributed by atoms with van der Waals surface area (Å²) in [6.07, 6.45) is 1.29. The minimum atomic E-state index is -0.650. The molecular formula is C28H27ClN2O3. The Morgan fingerprint density at radius 3 is 2.53 bits per heavy atom. The fourth-order valence-corrected chi connectivity index (χ4v) is 5.12. The van der Waals surface area contributed by atoms with Crippen molar-refractivity contribution < 1.29 is 14.0 Å². The van der Waals surface area contributed by atoms with Crippen molar-refractivity contribution in [1.29, 1.82) is 0 Å². The summed E-state index contributed by atoms with van der Waals surface area (Å²) in [5, 5.41) is 4.14. The van der Waals surface area contributed by atoms with Crippen molar-refractivity contribution >= 4 is 34.7 Å². The number of carbonyl (C=O) groups is 2. The SMILES string of the molecule is Cc1ccc([C@H]2C3=C(CC(C)(C)CC3=O)Nc3ccccc3N2C(=O)Cc2ccc(Cl)cc2)o1. The van der Waals surface area contributed by atoms with Crippen molar-refractivity contribution in [1.82, 2.24) is 0 Å². The Morgan fingerprint density at radius 1 is 1.09 bits per heavy atom. The normalized spacial score (nSPS) is 19.2. The number of fused-ring (bicyclic) bond motifs is 1. The first kappa shape index (κ1) is 22.5. The van der Waals surface area contributed by atoms with Crippen LogP contribution >= 0.6 is 11.6 Å². The van der Waals surface area contributed by atoms with E-state index in [0.29, 0.717) is 29.2 Å². The maximum absolute atomic E-state index is 14.0. The van der Waals surface area contributed by atoms with E-state index in [1.54, 1.807) is 17.0 Å². The monoisotopic (exact) mass is 474 g/mol. The third-order valence-electron chi connectivity index (χ3n) is 6.47. The third kappa shape index (κ3) is 4.16. The summed E-state index contributed by atoms with van der Waals surface area (Å²) in [5.41, 5.74) is 3.66. The van der Waals surface area contributed by atoms with Gasteiger partial charge in [0, 0.05) is 22.7 Å². The van der Waals surface area contributed by atoms with Crippen molar-refractivity contribution in [2.24, 2.45) is 5.41 Å². The molecule has 1 amide bonds. The summed E-state index contributed by atoms with van der Waals surface area (Å²) in [7, 11) is 0. The number of benzene rings is 2. The summed E-state index contributed by atoms with van der Waals surface area (Å²) in [6.45, 7) is 6.07. The fraction of sp³-hybridized carbons (Fsp3) is 0.286. The van der Waals surface area contributed by atoms with E-state index in [-0.39, 0.29) is 23.5 Å². The van der Waals surface area contributed by atoms with Crippen LogP contribution in [-0.2, 0) is 16.0 Å². The molecular weight excluding hydrogens is 448 g/mol. The topological polar surface area (TPSA) is 62.6 Å². The second-order valence-corrected chi connectivity index (χ2v) is 10.3. The number of nitrogens with zero attached hydrogens (tertiary/aromatic N) is 1. The van der Waals surface area contributed by atoms with Crippen LogP contribution in [0.2, 0.25) is 5.02 Å². The molecule has 2 aliphatic rings. The third-order valence-corrected chi connectivity index (χ3v) is 6.72. The molecule has 1 aromatic heterocycles. The highest BCUT2D eigenvalue weighted by molar-refractivity contribution is 6.30. The highest BCUT2D eigenvalue weighted by Crippen LogP contribution is 2.48. The standard InChI is InChI=1S/C28H27ClN2O3/c1-17-8-13-24(34-17)27-26-21(15-28(2,3)16-23(26)32)30-20-6-4-5-7-22(20)31(27)25(33)14-18-9-11-19(29)12-10-18/h4-13,27,30H,14-16H2,1-3H3/t27-/m0/s1. The van der Waals surface area contributed by atoms with Crippen LogP contribution in [0.25, 0.3) is 0 Å². The van der Waals surface area contributed by atoms with E-state index in [0.717, 1.165) is 28.4 Å². The average Bonchev–Trinajstić information content (AvgIpc) is 3.13. The second-order valence-electron chi connectivity index (χ2n) is 9.89. The Hall–Kier alpha value is -3.31. The first-order valence-corrected chi connectivity index (χ1v) is 11.8. The maximum Gasteiger partial charge on any atom is 0.232 e. The molecule has 0 radical (unpaired) electrons. The molecule has 0 spiro atoms. The Labute approximate surface area is 204 Å². The van der Waals surface area contributed by atoms with Gasteiger partial charge in [0.05, 0.1) is 17.8 Å². The van der Waals surface area contributed by atoms with E-state index in [4.69, 9.17) is 16.0 Å². The lowest BCUT2D eigenvalue weighted by molar-refractivity contribution is -0.119. The summed E-state index contributed by atoms with van der Waals surface area (Å²) >= 11 is 6.05. The molecule has 174 valence electrons. The molecule has 0 unspecified atom stereocenters. The van der Waals surface area contributed by atoms with Crippen molar-refractivity contribution in [3.8, 4) is 0 Å². The molecule has 3 aromatic rings. The van der Waals surface area contributed by atoms with Gasteiger partial charge in [0.15, 0.2) is 5.78 Å². The molecule has 2 heterocycles. The number of para-hydroxylation sites is 2. The number of halogens is 1. The average molecular weight is 475 g/mol. The molecule has 2 aromatic carbocycles. The van der Waals surface area contributed by atoms with Gasteiger partial charge in [-0.2, -0.15) is 0 Å². The number of nitrogens with one attached hydrogen (secondary N) is 1. The zero-order valence-electron chi connectivity index (χ0n) is 19.5. The number of ketones is 1. The van der Waals surface area contributed by atoms with E-state index in [9.17, 15) is 9.59 Å². The first-order chi connectivity index (χ1) is 16.2.